The molecule has 2 atom stereocenters. The van der Waals surface area contributed by atoms with Crippen molar-refractivity contribution in [3.8, 4) is 6.07 Å². The van der Waals surface area contributed by atoms with Gasteiger partial charge in [-0.1, -0.05) is 13.0 Å². The van der Waals surface area contributed by atoms with Crippen LogP contribution in [0.15, 0.2) is 18.2 Å². The van der Waals surface area contributed by atoms with Gasteiger partial charge < -0.3 is 4.90 Å². The van der Waals surface area contributed by atoms with Gasteiger partial charge in [0.25, 0.3) is 0 Å². The maximum absolute atomic E-state index is 9.22. The van der Waals surface area contributed by atoms with Crippen molar-refractivity contribution in [1.82, 2.24) is 0 Å². The Kier molecular flexibility index (Phi) is 3.38. The third kappa shape index (κ3) is 2.29. The number of nitriles is 1. The van der Waals surface area contributed by atoms with Gasteiger partial charge in [0.1, 0.15) is 6.07 Å². The fourth-order valence-corrected chi connectivity index (χ4v) is 2.65. The fraction of sp³-hybridized carbons (Fsp3) is 0.533. The highest BCUT2D eigenvalue weighted by molar-refractivity contribution is 5.61. The zero-order valence-corrected chi connectivity index (χ0v) is 10.9. The van der Waals surface area contributed by atoms with Gasteiger partial charge in [-0.05, 0) is 50.3 Å². The molecule has 2 nitrogen and oxygen atoms in total. The molecule has 1 aromatic carbocycles. The quantitative estimate of drug-likeness (QED) is 0.735. The van der Waals surface area contributed by atoms with E-state index in [4.69, 9.17) is 0 Å². The van der Waals surface area contributed by atoms with Crippen molar-refractivity contribution in [3.05, 3.63) is 29.3 Å². The van der Waals surface area contributed by atoms with Crippen molar-refractivity contribution < 1.29 is 0 Å². The molecule has 1 aliphatic heterocycles. The number of hydrogen-bond donors (Lipinski definition) is 0. The minimum atomic E-state index is 0.526. The predicted octanol–water partition coefficient (Wildman–Crippen LogP) is 3.49. The first-order valence-corrected chi connectivity index (χ1v) is 6.41. The van der Waals surface area contributed by atoms with Crippen molar-refractivity contribution in [3.63, 3.8) is 0 Å². The summed E-state index contributed by atoms with van der Waals surface area (Å²) in [4.78, 5) is 2.40. The molecule has 0 aliphatic carbocycles. The summed E-state index contributed by atoms with van der Waals surface area (Å²) in [6, 6.07) is 8.94. The second-order valence-corrected chi connectivity index (χ2v) is 5.19. The molecule has 1 heterocycles. The maximum Gasteiger partial charge on any atom is 0.101 e. The number of benzene rings is 1. The summed E-state index contributed by atoms with van der Waals surface area (Å²) in [6.45, 7) is 7.73. The third-order valence-electron chi connectivity index (χ3n) is 3.96. The lowest BCUT2D eigenvalue weighted by Gasteiger charge is -2.40. The van der Waals surface area contributed by atoms with E-state index < -0.39 is 0 Å². The van der Waals surface area contributed by atoms with E-state index in [1.807, 2.05) is 12.1 Å². The zero-order valence-electron chi connectivity index (χ0n) is 10.9. The van der Waals surface area contributed by atoms with E-state index in [1.54, 1.807) is 0 Å². The molecule has 1 aliphatic rings. The average Bonchev–Trinajstić information content (AvgIpc) is 2.33. The van der Waals surface area contributed by atoms with E-state index >= 15 is 0 Å². The lowest BCUT2D eigenvalue weighted by atomic mass is 9.91. The summed E-state index contributed by atoms with van der Waals surface area (Å²) in [6.07, 6.45) is 2.52. The number of nitrogens with zero attached hydrogens (tertiary/aromatic N) is 2. The molecule has 0 spiro atoms. The first kappa shape index (κ1) is 12.0. The molecule has 0 aromatic heterocycles. The number of anilines is 1. The van der Waals surface area contributed by atoms with Crippen LogP contribution in [0, 0.1) is 24.2 Å². The molecule has 0 radical (unpaired) electrons. The van der Waals surface area contributed by atoms with Gasteiger partial charge in [-0.3, -0.25) is 0 Å². The van der Waals surface area contributed by atoms with Crippen LogP contribution in [0.2, 0.25) is 0 Å². The van der Waals surface area contributed by atoms with E-state index in [1.165, 1.54) is 18.4 Å². The van der Waals surface area contributed by atoms with Gasteiger partial charge in [0.2, 0.25) is 0 Å². The molecule has 0 saturated carbocycles. The molecular weight excluding hydrogens is 208 g/mol. The fourth-order valence-electron chi connectivity index (χ4n) is 2.65. The van der Waals surface area contributed by atoms with Gasteiger partial charge in [-0.15, -0.1) is 0 Å². The van der Waals surface area contributed by atoms with Gasteiger partial charge in [-0.25, -0.2) is 0 Å². The van der Waals surface area contributed by atoms with Crippen LogP contribution in [0.4, 0.5) is 5.69 Å². The van der Waals surface area contributed by atoms with Crippen LogP contribution < -0.4 is 4.90 Å². The normalized spacial score (nSPS) is 24.5. The Morgan fingerprint density at radius 1 is 1.35 bits per heavy atom. The largest absolute Gasteiger partial charge is 0.367 e. The van der Waals surface area contributed by atoms with Crippen LogP contribution in [-0.4, -0.2) is 12.6 Å². The molecule has 17 heavy (non-hydrogen) atoms. The molecule has 0 amide bonds. The minimum absolute atomic E-state index is 0.526. The first-order valence-electron chi connectivity index (χ1n) is 6.41. The maximum atomic E-state index is 9.22. The van der Waals surface area contributed by atoms with E-state index in [2.05, 4.69) is 37.8 Å². The van der Waals surface area contributed by atoms with Crippen LogP contribution in [0.5, 0.6) is 0 Å². The molecule has 90 valence electrons. The molecule has 2 heteroatoms. The number of rotatable bonds is 1. The summed E-state index contributed by atoms with van der Waals surface area (Å²) in [5.41, 5.74) is 3.15. The van der Waals surface area contributed by atoms with Gasteiger partial charge in [0.15, 0.2) is 0 Å². The smallest absolute Gasteiger partial charge is 0.101 e. The molecule has 1 fully saturated rings. The highest BCUT2D eigenvalue weighted by atomic mass is 15.2. The van der Waals surface area contributed by atoms with E-state index in [-0.39, 0.29) is 0 Å². The SMILES string of the molecule is Cc1ccc(C#N)c(N2CCCC(C)C2C)c1. The highest BCUT2D eigenvalue weighted by Crippen LogP contribution is 2.31. The second kappa shape index (κ2) is 4.79. The van der Waals surface area contributed by atoms with Crippen LogP contribution >= 0.6 is 0 Å². The van der Waals surface area contributed by atoms with Crippen LogP contribution in [0.1, 0.15) is 37.8 Å². The van der Waals surface area contributed by atoms with E-state index in [0.717, 1.165) is 17.8 Å². The van der Waals surface area contributed by atoms with Gasteiger partial charge >= 0.3 is 0 Å². The standard InChI is InChI=1S/C15H20N2/c1-11-6-7-14(10-16)15(9-11)17-8-4-5-12(2)13(17)3/h6-7,9,12-13H,4-5,8H2,1-3H3. The van der Waals surface area contributed by atoms with Gasteiger partial charge in [-0.2, -0.15) is 5.26 Å². The molecule has 2 rings (SSSR count). The molecule has 0 N–H and O–H groups in total. The topological polar surface area (TPSA) is 27.0 Å². The van der Waals surface area contributed by atoms with Crippen molar-refractivity contribution in [2.75, 3.05) is 11.4 Å². The summed E-state index contributed by atoms with van der Waals surface area (Å²) in [5, 5.41) is 9.22. The summed E-state index contributed by atoms with van der Waals surface area (Å²) in [7, 11) is 0. The summed E-state index contributed by atoms with van der Waals surface area (Å²) >= 11 is 0. The van der Waals surface area contributed by atoms with Crippen molar-refractivity contribution >= 4 is 5.69 Å². The minimum Gasteiger partial charge on any atom is -0.367 e. The van der Waals surface area contributed by atoms with Gasteiger partial charge in [0, 0.05) is 12.6 Å². The van der Waals surface area contributed by atoms with Crippen molar-refractivity contribution in [2.45, 2.75) is 39.7 Å². The number of piperidine rings is 1. The van der Waals surface area contributed by atoms with Crippen molar-refractivity contribution in [1.29, 1.82) is 5.26 Å². The second-order valence-electron chi connectivity index (χ2n) is 5.19. The first-order chi connectivity index (χ1) is 8.13. The summed E-state index contributed by atoms with van der Waals surface area (Å²) in [5.74, 6) is 0.704. The van der Waals surface area contributed by atoms with Crippen LogP contribution in [0.3, 0.4) is 0 Å². The Bertz CT molecular complexity index is 445. The lowest BCUT2D eigenvalue weighted by molar-refractivity contribution is 0.363. The van der Waals surface area contributed by atoms with Crippen LogP contribution in [0.25, 0.3) is 0 Å². The molecular formula is C15H20N2. The monoisotopic (exact) mass is 228 g/mol. The molecule has 2 unspecified atom stereocenters. The Morgan fingerprint density at radius 2 is 2.12 bits per heavy atom. The number of hydrogen-bond acceptors (Lipinski definition) is 2. The average molecular weight is 228 g/mol. The highest BCUT2D eigenvalue weighted by Gasteiger charge is 2.26. The van der Waals surface area contributed by atoms with E-state index in [9.17, 15) is 5.26 Å². The summed E-state index contributed by atoms with van der Waals surface area (Å²) < 4.78 is 0. The Labute approximate surface area is 104 Å². The Morgan fingerprint density at radius 3 is 2.82 bits per heavy atom. The zero-order chi connectivity index (χ0) is 12.4. The van der Waals surface area contributed by atoms with Gasteiger partial charge in [0.05, 0.1) is 11.3 Å². The molecule has 1 saturated heterocycles. The van der Waals surface area contributed by atoms with Crippen LogP contribution in [-0.2, 0) is 0 Å². The lowest BCUT2D eigenvalue weighted by Crippen LogP contribution is -2.42. The third-order valence-corrected chi connectivity index (χ3v) is 3.96. The van der Waals surface area contributed by atoms with E-state index in [0.29, 0.717) is 12.0 Å². The Hall–Kier alpha value is -1.49. The van der Waals surface area contributed by atoms with Crippen molar-refractivity contribution in [2.24, 2.45) is 5.92 Å². The molecule has 0 bridgehead atoms. The predicted molar refractivity (Wildman–Crippen MR) is 71.1 cm³/mol. The number of aryl methyl sites for hydroxylation is 1. The molecule has 1 aromatic rings. The Balaban J connectivity index is 2.39.